The summed E-state index contributed by atoms with van der Waals surface area (Å²) in [5, 5.41) is 9.23. The minimum absolute atomic E-state index is 0.279. The number of amides is 1. The van der Waals surface area contributed by atoms with Crippen LogP contribution in [0.4, 0.5) is 0 Å². The number of nitrogens with zero attached hydrogens (tertiary/aromatic N) is 1. The number of hydrogen-bond acceptors (Lipinski definition) is 5. The van der Waals surface area contributed by atoms with Gasteiger partial charge in [0.05, 0.1) is 11.5 Å². The zero-order valence-electron chi connectivity index (χ0n) is 12.8. The van der Waals surface area contributed by atoms with Gasteiger partial charge in [-0.3, -0.25) is 9.69 Å². The number of aliphatic carboxylic acids is 1. The zero-order valence-corrected chi connectivity index (χ0v) is 14.4. The number of benzene rings is 1. The molecule has 0 radical (unpaired) electrons. The lowest BCUT2D eigenvalue weighted by molar-refractivity contribution is -0.145. The molecule has 23 heavy (non-hydrogen) atoms. The van der Waals surface area contributed by atoms with E-state index in [-0.39, 0.29) is 10.2 Å². The first-order chi connectivity index (χ1) is 11.0. The fraction of sp³-hybridized carbons (Fsp3) is 0.312. The monoisotopic (exact) mass is 351 g/mol. The van der Waals surface area contributed by atoms with E-state index in [1.54, 1.807) is 13.0 Å². The van der Waals surface area contributed by atoms with Gasteiger partial charge in [0.1, 0.15) is 16.1 Å². The summed E-state index contributed by atoms with van der Waals surface area (Å²) >= 11 is 6.30. The van der Waals surface area contributed by atoms with Gasteiger partial charge in [0.2, 0.25) is 0 Å². The van der Waals surface area contributed by atoms with Crippen LogP contribution in [-0.2, 0) is 9.59 Å². The highest BCUT2D eigenvalue weighted by molar-refractivity contribution is 8.26. The Labute approximate surface area is 144 Å². The highest BCUT2D eigenvalue weighted by atomic mass is 32.2. The van der Waals surface area contributed by atoms with Crippen molar-refractivity contribution in [3.8, 4) is 5.75 Å². The van der Waals surface area contributed by atoms with Gasteiger partial charge in [-0.1, -0.05) is 43.0 Å². The summed E-state index contributed by atoms with van der Waals surface area (Å²) in [5.41, 5.74) is 0.831. The van der Waals surface area contributed by atoms with Crippen LogP contribution in [0.25, 0.3) is 6.08 Å². The fourth-order valence-corrected chi connectivity index (χ4v) is 3.55. The molecule has 7 heteroatoms. The Balaban J connectivity index is 2.22. The van der Waals surface area contributed by atoms with Gasteiger partial charge in [0, 0.05) is 0 Å². The number of thiocarbonyl (C=S) groups is 1. The van der Waals surface area contributed by atoms with Crippen molar-refractivity contribution < 1.29 is 19.4 Å². The number of carboxylic acid groups (broad SMARTS) is 1. The van der Waals surface area contributed by atoms with Crippen molar-refractivity contribution >= 4 is 46.3 Å². The quantitative estimate of drug-likeness (QED) is 0.627. The van der Waals surface area contributed by atoms with Crippen LogP contribution in [0.5, 0.6) is 5.75 Å². The summed E-state index contributed by atoms with van der Waals surface area (Å²) < 4.78 is 5.65. The van der Waals surface area contributed by atoms with Crippen molar-refractivity contribution in [1.29, 1.82) is 0 Å². The van der Waals surface area contributed by atoms with E-state index in [0.717, 1.165) is 23.1 Å². The van der Waals surface area contributed by atoms with Gasteiger partial charge < -0.3 is 9.84 Å². The minimum Gasteiger partial charge on any atom is -0.494 e. The van der Waals surface area contributed by atoms with Crippen molar-refractivity contribution in [2.45, 2.75) is 26.3 Å². The normalized spacial score (nSPS) is 17.7. The second-order valence-corrected chi connectivity index (χ2v) is 6.49. The zero-order chi connectivity index (χ0) is 17.0. The SMILES string of the molecule is CCOc1ccc(/C=C2/SC(=S)N(C(CC)C(=O)O)C2=O)cc1. The van der Waals surface area contributed by atoms with Crippen LogP contribution < -0.4 is 4.74 Å². The molecule has 1 amide bonds. The molecule has 1 N–H and O–H groups in total. The molecule has 5 nitrogen and oxygen atoms in total. The molecule has 0 spiro atoms. The van der Waals surface area contributed by atoms with E-state index in [9.17, 15) is 14.7 Å². The Hall–Kier alpha value is -1.86. The molecule has 0 aromatic heterocycles. The molecular weight excluding hydrogens is 334 g/mol. The van der Waals surface area contributed by atoms with Gasteiger partial charge in [0.25, 0.3) is 5.91 Å². The third-order valence-electron chi connectivity index (χ3n) is 3.30. The average molecular weight is 351 g/mol. The maximum atomic E-state index is 12.5. The van der Waals surface area contributed by atoms with E-state index in [2.05, 4.69) is 0 Å². The van der Waals surface area contributed by atoms with E-state index in [0.29, 0.717) is 17.9 Å². The summed E-state index contributed by atoms with van der Waals surface area (Å²) in [4.78, 5) is 25.3. The Morgan fingerprint density at radius 3 is 2.57 bits per heavy atom. The summed E-state index contributed by atoms with van der Waals surface area (Å²) in [5.74, 6) is -0.650. The van der Waals surface area contributed by atoms with Gasteiger partial charge in [-0.15, -0.1) is 0 Å². The largest absolute Gasteiger partial charge is 0.494 e. The first-order valence-corrected chi connectivity index (χ1v) is 8.43. The predicted molar refractivity (Wildman–Crippen MR) is 94.3 cm³/mol. The van der Waals surface area contributed by atoms with Gasteiger partial charge in [0.15, 0.2) is 0 Å². The molecule has 122 valence electrons. The smallest absolute Gasteiger partial charge is 0.326 e. The first kappa shape index (κ1) is 17.5. The van der Waals surface area contributed by atoms with E-state index >= 15 is 0 Å². The first-order valence-electron chi connectivity index (χ1n) is 7.20. The number of thioether (sulfide) groups is 1. The molecule has 0 saturated carbocycles. The molecule has 1 aliphatic rings. The van der Waals surface area contributed by atoms with Crippen molar-refractivity contribution in [2.24, 2.45) is 0 Å². The Kier molecular flexibility index (Phi) is 5.79. The number of rotatable bonds is 6. The van der Waals surface area contributed by atoms with Gasteiger partial charge >= 0.3 is 5.97 Å². The van der Waals surface area contributed by atoms with Gasteiger partial charge in [-0.05, 0) is 37.1 Å². The lowest BCUT2D eigenvalue weighted by Crippen LogP contribution is -2.43. The van der Waals surface area contributed by atoms with Crippen LogP contribution in [-0.4, -0.2) is 38.9 Å². The molecule has 1 saturated heterocycles. The number of hydrogen-bond donors (Lipinski definition) is 1. The van der Waals surface area contributed by atoms with Gasteiger partial charge in [-0.2, -0.15) is 0 Å². The number of carbonyl (C=O) groups is 2. The van der Waals surface area contributed by atoms with Gasteiger partial charge in [-0.25, -0.2) is 4.79 Å². The van der Waals surface area contributed by atoms with Crippen LogP contribution >= 0.6 is 24.0 Å². The Morgan fingerprint density at radius 2 is 2.04 bits per heavy atom. The van der Waals surface area contributed by atoms with Crippen molar-refractivity contribution in [2.75, 3.05) is 6.61 Å². The number of ether oxygens (including phenoxy) is 1. The topological polar surface area (TPSA) is 66.8 Å². The molecule has 1 atom stereocenters. The summed E-state index contributed by atoms with van der Waals surface area (Å²) in [6.45, 7) is 4.21. The van der Waals surface area contributed by atoms with E-state index in [4.69, 9.17) is 17.0 Å². The molecule has 1 unspecified atom stereocenters. The maximum Gasteiger partial charge on any atom is 0.326 e. The van der Waals surface area contributed by atoms with E-state index in [1.807, 2.05) is 31.2 Å². The molecule has 1 aromatic rings. The van der Waals surface area contributed by atoms with E-state index < -0.39 is 12.0 Å². The molecular formula is C16H17NO4S2. The molecule has 1 aliphatic heterocycles. The van der Waals surface area contributed by atoms with Crippen LogP contribution in [0.3, 0.4) is 0 Å². The third kappa shape index (κ3) is 3.92. The average Bonchev–Trinajstić information content (AvgIpc) is 2.78. The number of carboxylic acids is 1. The summed E-state index contributed by atoms with van der Waals surface area (Å²) in [7, 11) is 0. The second-order valence-electron chi connectivity index (χ2n) is 4.82. The standard InChI is InChI=1S/C16H17NO4S2/c1-3-12(15(19)20)17-14(18)13(23-16(17)22)9-10-5-7-11(8-6-10)21-4-2/h5-9,12H,3-4H2,1-2H3,(H,19,20)/b13-9+. The summed E-state index contributed by atoms with van der Waals surface area (Å²) in [6, 6.07) is 6.40. The lowest BCUT2D eigenvalue weighted by Gasteiger charge is -2.21. The third-order valence-corrected chi connectivity index (χ3v) is 4.63. The molecule has 1 heterocycles. The lowest BCUT2D eigenvalue weighted by atomic mass is 10.1. The highest BCUT2D eigenvalue weighted by Crippen LogP contribution is 2.34. The summed E-state index contributed by atoms with van der Waals surface area (Å²) in [6.07, 6.45) is 2.02. The molecule has 1 fully saturated rings. The predicted octanol–water partition coefficient (Wildman–Crippen LogP) is 3.15. The van der Waals surface area contributed by atoms with Crippen molar-refractivity contribution in [3.63, 3.8) is 0 Å². The Bertz CT molecular complexity index is 655. The molecule has 0 bridgehead atoms. The fourth-order valence-electron chi connectivity index (χ4n) is 2.19. The van der Waals surface area contributed by atoms with Crippen LogP contribution in [0.15, 0.2) is 29.2 Å². The Morgan fingerprint density at radius 1 is 1.39 bits per heavy atom. The molecule has 1 aromatic carbocycles. The second kappa shape index (κ2) is 7.61. The minimum atomic E-state index is -1.05. The van der Waals surface area contributed by atoms with E-state index in [1.165, 1.54) is 4.90 Å². The molecule has 0 aliphatic carbocycles. The number of carbonyl (C=O) groups excluding carboxylic acids is 1. The van der Waals surface area contributed by atoms with Crippen LogP contribution in [0.2, 0.25) is 0 Å². The van der Waals surface area contributed by atoms with Crippen LogP contribution in [0, 0.1) is 0 Å². The van der Waals surface area contributed by atoms with Crippen LogP contribution in [0.1, 0.15) is 25.8 Å². The van der Waals surface area contributed by atoms with Crippen molar-refractivity contribution in [3.05, 3.63) is 34.7 Å². The maximum absolute atomic E-state index is 12.5. The molecule has 2 rings (SSSR count). The highest BCUT2D eigenvalue weighted by Gasteiger charge is 2.39. The van der Waals surface area contributed by atoms with Crippen molar-refractivity contribution in [1.82, 2.24) is 4.90 Å².